The standard InChI is InChI=1S/C15H21NO3/c1-15(18)7-9-16(10-8-15)11-14(17)19-12-13-5-3-2-4-6-13/h2-6,18H,7-12H2,1H3. The van der Waals surface area contributed by atoms with Crippen LogP contribution in [0.5, 0.6) is 0 Å². The molecule has 1 aromatic carbocycles. The monoisotopic (exact) mass is 263 g/mol. The average Bonchev–Trinajstić information content (AvgIpc) is 2.40. The number of piperidine rings is 1. The molecule has 1 heterocycles. The van der Waals surface area contributed by atoms with Gasteiger partial charge >= 0.3 is 5.97 Å². The molecule has 0 saturated carbocycles. The molecule has 0 aliphatic carbocycles. The number of likely N-dealkylation sites (tertiary alicyclic amines) is 1. The predicted molar refractivity (Wildman–Crippen MR) is 72.5 cm³/mol. The fourth-order valence-electron chi connectivity index (χ4n) is 2.16. The van der Waals surface area contributed by atoms with Gasteiger partial charge in [0.25, 0.3) is 0 Å². The molecule has 0 unspecified atom stereocenters. The highest BCUT2D eigenvalue weighted by atomic mass is 16.5. The fraction of sp³-hybridized carbons (Fsp3) is 0.533. The van der Waals surface area contributed by atoms with Crippen molar-refractivity contribution in [3.05, 3.63) is 35.9 Å². The topological polar surface area (TPSA) is 49.8 Å². The normalized spacial score (nSPS) is 19.1. The highest BCUT2D eigenvalue weighted by Crippen LogP contribution is 2.20. The van der Waals surface area contributed by atoms with E-state index in [4.69, 9.17) is 4.74 Å². The van der Waals surface area contributed by atoms with Crippen LogP contribution in [0.1, 0.15) is 25.3 Å². The van der Waals surface area contributed by atoms with E-state index in [1.54, 1.807) is 0 Å². The molecule has 1 aliphatic heterocycles. The van der Waals surface area contributed by atoms with Crippen LogP contribution in [-0.4, -0.2) is 41.2 Å². The third kappa shape index (κ3) is 4.65. The van der Waals surface area contributed by atoms with Gasteiger partial charge in [-0.25, -0.2) is 0 Å². The summed E-state index contributed by atoms with van der Waals surface area (Å²) in [6.45, 7) is 3.97. The van der Waals surface area contributed by atoms with Crippen molar-refractivity contribution < 1.29 is 14.6 Å². The lowest BCUT2D eigenvalue weighted by Gasteiger charge is -2.35. The van der Waals surface area contributed by atoms with Crippen LogP contribution in [-0.2, 0) is 16.1 Å². The first-order chi connectivity index (χ1) is 9.05. The van der Waals surface area contributed by atoms with E-state index in [-0.39, 0.29) is 5.97 Å². The summed E-state index contributed by atoms with van der Waals surface area (Å²) in [6.07, 6.45) is 1.41. The van der Waals surface area contributed by atoms with E-state index >= 15 is 0 Å². The summed E-state index contributed by atoms with van der Waals surface area (Å²) in [6, 6.07) is 9.66. The minimum atomic E-state index is -0.579. The molecule has 0 amide bonds. The second-order valence-corrected chi connectivity index (χ2v) is 5.42. The Bertz CT molecular complexity index is 407. The summed E-state index contributed by atoms with van der Waals surface area (Å²) in [4.78, 5) is 13.8. The smallest absolute Gasteiger partial charge is 0.320 e. The lowest BCUT2D eigenvalue weighted by Crippen LogP contribution is -2.44. The highest BCUT2D eigenvalue weighted by molar-refractivity contribution is 5.71. The molecule has 2 rings (SSSR count). The Balaban J connectivity index is 1.70. The van der Waals surface area contributed by atoms with Crippen LogP contribution in [0.3, 0.4) is 0 Å². The molecule has 1 aliphatic rings. The number of nitrogens with zero attached hydrogens (tertiary/aromatic N) is 1. The molecule has 1 fully saturated rings. The second kappa shape index (κ2) is 6.17. The van der Waals surface area contributed by atoms with Gasteiger partial charge in [0.1, 0.15) is 6.61 Å². The zero-order valence-corrected chi connectivity index (χ0v) is 11.3. The number of aliphatic hydroxyl groups is 1. The molecule has 0 radical (unpaired) electrons. The van der Waals surface area contributed by atoms with Crippen LogP contribution >= 0.6 is 0 Å². The summed E-state index contributed by atoms with van der Waals surface area (Å²) in [5.74, 6) is -0.203. The first kappa shape index (κ1) is 14.0. The molecule has 1 aromatic rings. The maximum Gasteiger partial charge on any atom is 0.320 e. The minimum Gasteiger partial charge on any atom is -0.460 e. The van der Waals surface area contributed by atoms with Gasteiger partial charge in [0.2, 0.25) is 0 Å². The lowest BCUT2D eigenvalue weighted by molar-refractivity contribution is -0.147. The Morgan fingerprint density at radius 1 is 1.32 bits per heavy atom. The average molecular weight is 263 g/mol. The maximum atomic E-state index is 11.7. The van der Waals surface area contributed by atoms with Crippen molar-refractivity contribution in [2.45, 2.75) is 32.0 Å². The first-order valence-electron chi connectivity index (χ1n) is 6.69. The van der Waals surface area contributed by atoms with Gasteiger partial charge in [0.05, 0.1) is 12.1 Å². The second-order valence-electron chi connectivity index (χ2n) is 5.42. The van der Waals surface area contributed by atoms with E-state index in [0.717, 1.165) is 18.7 Å². The third-order valence-electron chi connectivity index (χ3n) is 3.53. The van der Waals surface area contributed by atoms with E-state index in [9.17, 15) is 9.90 Å². The van der Waals surface area contributed by atoms with Gasteiger partial charge in [-0.15, -0.1) is 0 Å². The Labute approximate surface area is 114 Å². The Morgan fingerprint density at radius 3 is 2.58 bits per heavy atom. The molecule has 4 heteroatoms. The number of benzene rings is 1. The molecule has 19 heavy (non-hydrogen) atoms. The first-order valence-corrected chi connectivity index (χ1v) is 6.69. The molecular formula is C15H21NO3. The number of esters is 1. The molecule has 0 spiro atoms. The van der Waals surface area contributed by atoms with E-state index in [1.165, 1.54) is 0 Å². The van der Waals surface area contributed by atoms with E-state index in [2.05, 4.69) is 0 Å². The molecule has 0 atom stereocenters. The van der Waals surface area contributed by atoms with E-state index < -0.39 is 5.60 Å². The van der Waals surface area contributed by atoms with Crippen molar-refractivity contribution in [1.82, 2.24) is 4.90 Å². The van der Waals surface area contributed by atoms with Crippen LogP contribution in [0.2, 0.25) is 0 Å². The molecule has 1 saturated heterocycles. The van der Waals surface area contributed by atoms with Crippen LogP contribution in [0.15, 0.2) is 30.3 Å². The zero-order valence-electron chi connectivity index (χ0n) is 11.3. The summed E-state index contributed by atoms with van der Waals surface area (Å²) < 4.78 is 5.24. The van der Waals surface area contributed by atoms with Crippen molar-refractivity contribution in [2.24, 2.45) is 0 Å². The van der Waals surface area contributed by atoms with Crippen molar-refractivity contribution in [1.29, 1.82) is 0 Å². The number of carbonyl (C=O) groups is 1. The maximum absolute atomic E-state index is 11.7. The zero-order chi connectivity index (χ0) is 13.7. The minimum absolute atomic E-state index is 0.203. The number of ether oxygens (including phenoxy) is 1. The van der Waals surface area contributed by atoms with Gasteiger partial charge < -0.3 is 9.84 Å². The van der Waals surface area contributed by atoms with Crippen molar-refractivity contribution >= 4 is 5.97 Å². The molecule has 104 valence electrons. The van der Waals surface area contributed by atoms with E-state index in [1.807, 2.05) is 42.2 Å². The molecule has 0 bridgehead atoms. The number of rotatable bonds is 4. The molecule has 0 aromatic heterocycles. The summed E-state index contributed by atoms with van der Waals surface area (Å²) in [5.41, 5.74) is 0.419. The number of hydrogen-bond donors (Lipinski definition) is 1. The third-order valence-corrected chi connectivity index (χ3v) is 3.53. The Kier molecular flexibility index (Phi) is 4.56. The van der Waals surface area contributed by atoms with Crippen molar-refractivity contribution in [3.63, 3.8) is 0 Å². The van der Waals surface area contributed by atoms with Crippen LogP contribution in [0.4, 0.5) is 0 Å². The lowest BCUT2D eigenvalue weighted by atomic mass is 9.94. The van der Waals surface area contributed by atoms with Gasteiger partial charge in [-0.3, -0.25) is 9.69 Å². The number of hydrogen-bond acceptors (Lipinski definition) is 4. The highest BCUT2D eigenvalue weighted by Gasteiger charge is 2.28. The van der Waals surface area contributed by atoms with Gasteiger partial charge in [0.15, 0.2) is 0 Å². The summed E-state index contributed by atoms with van der Waals surface area (Å²) >= 11 is 0. The van der Waals surface area contributed by atoms with Gasteiger partial charge in [-0.05, 0) is 25.3 Å². The molecular weight excluding hydrogens is 242 g/mol. The van der Waals surface area contributed by atoms with Crippen molar-refractivity contribution in [3.8, 4) is 0 Å². The largest absolute Gasteiger partial charge is 0.460 e. The summed E-state index contributed by atoms with van der Waals surface area (Å²) in [7, 11) is 0. The van der Waals surface area contributed by atoms with Gasteiger partial charge in [-0.1, -0.05) is 30.3 Å². The Hall–Kier alpha value is -1.39. The van der Waals surface area contributed by atoms with Crippen LogP contribution in [0.25, 0.3) is 0 Å². The van der Waals surface area contributed by atoms with E-state index in [0.29, 0.717) is 26.0 Å². The predicted octanol–water partition coefficient (Wildman–Crippen LogP) is 1.58. The molecule has 4 nitrogen and oxygen atoms in total. The quantitative estimate of drug-likeness (QED) is 0.838. The van der Waals surface area contributed by atoms with Crippen LogP contribution in [0, 0.1) is 0 Å². The fourth-order valence-corrected chi connectivity index (χ4v) is 2.16. The SMILES string of the molecule is CC1(O)CCN(CC(=O)OCc2ccccc2)CC1. The van der Waals surface area contributed by atoms with Gasteiger partial charge in [0, 0.05) is 13.1 Å². The Morgan fingerprint density at radius 2 is 1.95 bits per heavy atom. The van der Waals surface area contributed by atoms with Crippen LogP contribution < -0.4 is 0 Å². The number of carbonyl (C=O) groups excluding carboxylic acids is 1. The summed E-state index contributed by atoms with van der Waals surface area (Å²) in [5, 5.41) is 9.84. The van der Waals surface area contributed by atoms with Gasteiger partial charge in [-0.2, -0.15) is 0 Å². The van der Waals surface area contributed by atoms with Crippen molar-refractivity contribution in [2.75, 3.05) is 19.6 Å². The molecule has 1 N–H and O–H groups in total.